The van der Waals surface area contributed by atoms with Crippen LogP contribution in [-0.4, -0.2) is 22.8 Å². The summed E-state index contributed by atoms with van der Waals surface area (Å²) in [5.41, 5.74) is -0.678. The van der Waals surface area contributed by atoms with E-state index in [2.05, 4.69) is 33.0 Å². The van der Waals surface area contributed by atoms with Crippen LogP contribution in [0.25, 0.3) is 0 Å². The maximum Gasteiger partial charge on any atom is 0.311 e. The van der Waals surface area contributed by atoms with E-state index in [0.717, 1.165) is 37.7 Å². The minimum absolute atomic E-state index is 0.215. The molecule has 3 atom stereocenters. The van der Waals surface area contributed by atoms with E-state index in [9.17, 15) is 19.5 Å². The van der Waals surface area contributed by atoms with E-state index in [-0.39, 0.29) is 24.0 Å². The Morgan fingerprint density at radius 3 is 2.34 bits per heavy atom. The van der Waals surface area contributed by atoms with Gasteiger partial charge in [0.1, 0.15) is 11.7 Å². The number of Topliss-reactive ketones (excluding diaryl/α,β-unsaturated/α-hetero) is 1. The lowest BCUT2D eigenvalue weighted by Gasteiger charge is -2.42. The molecule has 0 bridgehead atoms. The van der Waals surface area contributed by atoms with Crippen molar-refractivity contribution in [1.29, 1.82) is 0 Å². The van der Waals surface area contributed by atoms with E-state index < -0.39 is 23.0 Å². The number of hydrogen-bond acceptors (Lipinski definition) is 4. The van der Waals surface area contributed by atoms with Gasteiger partial charge in [0.25, 0.3) is 0 Å². The van der Waals surface area contributed by atoms with Gasteiger partial charge in [0, 0.05) is 23.1 Å². The summed E-state index contributed by atoms with van der Waals surface area (Å²) in [6.45, 7) is 8.34. The second-order valence-corrected chi connectivity index (χ2v) is 11.1. The average molecular weight is 520 g/mol. The van der Waals surface area contributed by atoms with Crippen LogP contribution in [-0.2, 0) is 20.7 Å². The molecular weight excluding hydrogens is 478 g/mol. The summed E-state index contributed by atoms with van der Waals surface area (Å²) in [7, 11) is 0. The molecule has 1 aliphatic carbocycles. The molecule has 0 spiro atoms. The topological polar surface area (TPSA) is 92.7 Å². The van der Waals surface area contributed by atoms with E-state index in [4.69, 9.17) is 4.74 Å². The van der Waals surface area contributed by atoms with Crippen LogP contribution in [0.2, 0.25) is 0 Å². The molecular formula is C32H41NO5. The summed E-state index contributed by atoms with van der Waals surface area (Å²) in [6, 6.07) is 12.8. The van der Waals surface area contributed by atoms with Gasteiger partial charge in [-0.2, -0.15) is 0 Å². The zero-order chi connectivity index (χ0) is 27.5. The van der Waals surface area contributed by atoms with Crippen molar-refractivity contribution in [2.45, 2.75) is 103 Å². The molecule has 4 rings (SSSR count). The van der Waals surface area contributed by atoms with Crippen LogP contribution in [0.15, 0.2) is 42.5 Å². The lowest BCUT2D eigenvalue weighted by Crippen LogP contribution is -2.64. The van der Waals surface area contributed by atoms with Crippen LogP contribution < -0.4 is 10.1 Å². The normalized spacial score (nSPS) is 22.0. The number of carboxylic acid groups (broad SMARTS) is 1. The fourth-order valence-corrected chi connectivity index (χ4v) is 6.32. The molecule has 2 aliphatic rings. The molecule has 38 heavy (non-hydrogen) atoms. The Hall–Kier alpha value is -3.15. The van der Waals surface area contributed by atoms with Crippen molar-refractivity contribution in [3.05, 3.63) is 64.7 Å². The number of carbonyl (C=O) groups excluding carboxylic acids is 2. The Bertz CT molecular complexity index is 1200. The Morgan fingerprint density at radius 1 is 0.947 bits per heavy atom. The minimum atomic E-state index is -1.64. The lowest BCUT2D eigenvalue weighted by molar-refractivity contribution is -0.156. The Labute approximate surface area is 226 Å². The molecule has 2 aromatic carbocycles. The van der Waals surface area contributed by atoms with Gasteiger partial charge in [0.15, 0.2) is 16.9 Å². The van der Waals surface area contributed by atoms with Crippen molar-refractivity contribution < 1.29 is 24.2 Å². The number of nitrogens with one attached hydrogen (secondary N) is 1. The molecule has 6 heteroatoms. The van der Waals surface area contributed by atoms with Gasteiger partial charge in [0.05, 0.1) is 0 Å². The van der Waals surface area contributed by atoms with Gasteiger partial charge in [-0.1, -0.05) is 103 Å². The molecule has 2 N–H and O–H groups in total. The summed E-state index contributed by atoms with van der Waals surface area (Å²) in [5.74, 6) is -1.91. The second-order valence-electron chi connectivity index (χ2n) is 11.1. The number of aliphatic carboxylic acids is 1. The van der Waals surface area contributed by atoms with Crippen LogP contribution in [0.1, 0.15) is 118 Å². The zero-order valence-corrected chi connectivity index (χ0v) is 23.1. The van der Waals surface area contributed by atoms with Crippen molar-refractivity contribution >= 4 is 17.7 Å². The first-order valence-electron chi connectivity index (χ1n) is 14.3. The molecule has 1 heterocycles. The van der Waals surface area contributed by atoms with Crippen molar-refractivity contribution in [2.75, 3.05) is 0 Å². The van der Waals surface area contributed by atoms with Crippen LogP contribution in [0.5, 0.6) is 5.75 Å². The predicted octanol–water partition coefficient (Wildman–Crippen LogP) is 6.86. The smallest absolute Gasteiger partial charge is 0.311 e. The fourth-order valence-electron chi connectivity index (χ4n) is 6.32. The summed E-state index contributed by atoms with van der Waals surface area (Å²) in [5, 5.41) is 13.8. The number of amides is 1. The number of fused-ring (bicyclic) bond motifs is 5. The third kappa shape index (κ3) is 4.42. The molecule has 2 aromatic rings. The van der Waals surface area contributed by atoms with E-state index in [0.29, 0.717) is 41.7 Å². The maximum absolute atomic E-state index is 14.5. The van der Waals surface area contributed by atoms with Crippen LogP contribution in [0.4, 0.5) is 0 Å². The Morgan fingerprint density at radius 2 is 1.66 bits per heavy atom. The summed E-state index contributed by atoms with van der Waals surface area (Å²) in [6.07, 6.45) is 6.83. The molecule has 0 radical (unpaired) electrons. The molecule has 0 saturated carbocycles. The van der Waals surface area contributed by atoms with Gasteiger partial charge in [0.2, 0.25) is 5.91 Å². The predicted molar refractivity (Wildman–Crippen MR) is 147 cm³/mol. The van der Waals surface area contributed by atoms with Crippen molar-refractivity contribution in [3.63, 3.8) is 0 Å². The maximum atomic E-state index is 14.5. The summed E-state index contributed by atoms with van der Waals surface area (Å²) in [4.78, 5) is 41.0. The van der Waals surface area contributed by atoms with E-state index in [1.807, 2.05) is 24.3 Å². The van der Waals surface area contributed by atoms with Crippen LogP contribution >= 0.6 is 0 Å². The third-order valence-corrected chi connectivity index (χ3v) is 8.29. The highest BCUT2D eigenvalue weighted by molar-refractivity contribution is 6.13. The fraction of sp³-hybridized carbons (Fsp3) is 0.531. The summed E-state index contributed by atoms with van der Waals surface area (Å²) >= 11 is 0. The van der Waals surface area contributed by atoms with E-state index in [1.54, 1.807) is 18.2 Å². The molecule has 0 saturated heterocycles. The third-order valence-electron chi connectivity index (χ3n) is 8.29. The Kier molecular flexibility index (Phi) is 8.29. The quantitative estimate of drug-likeness (QED) is 0.282. The first-order chi connectivity index (χ1) is 18.2. The van der Waals surface area contributed by atoms with Gasteiger partial charge >= 0.3 is 5.97 Å². The average Bonchev–Trinajstić information content (AvgIpc) is 3.29. The van der Waals surface area contributed by atoms with Crippen molar-refractivity contribution in [3.8, 4) is 5.75 Å². The monoisotopic (exact) mass is 519 g/mol. The molecule has 0 aromatic heterocycles. The van der Waals surface area contributed by atoms with E-state index in [1.165, 1.54) is 0 Å². The molecule has 1 aliphatic heterocycles. The number of unbranched alkanes of at least 4 members (excludes halogenated alkanes) is 5. The highest BCUT2D eigenvalue weighted by atomic mass is 16.5. The Balaban J connectivity index is 1.93. The highest BCUT2D eigenvalue weighted by Crippen LogP contribution is 2.63. The molecule has 204 valence electrons. The SMILES string of the molecule is CCCCCCC(=O)NC12C(=O)c3ccccc3C1(C(CCCCC)C(=O)O)Oc1cc(C(C)C)ccc12. The summed E-state index contributed by atoms with van der Waals surface area (Å²) < 4.78 is 6.79. The van der Waals surface area contributed by atoms with Gasteiger partial charge in [-0.05, 0) is 30.4 Å². The van der Waals surface area contributed by atoms with Crippen molar-refractivity contribution in [1.82, 2.24) is 5.32 Å². The largest absolute Gasteiger partial charge is 0.481 e. The van der Waals surface area contributed by atoms with Gasteiger partial charge < -0.3 is 15.2 Å². The van der Waals surface area contributed by atoms with Gasteiger partial charge in [-0.3, -0.25) is 14.4 Å². The lowest BCUT2D eigenvalue weighted by atomic mass is 9.67. The number of carboxylic acids is 1. The molecule has 1 amide bonds. The highest BCUT2D eigenvalue weighted by Gasteiger charge is 2.75. The second kappa shape index (κ2) is 11.3. The molecule has 3 unspecified atom stereocenters. The number of ether oxygens (including phenoxy) is 1. The minimum Gasteiger partial charge on any atom is -0.481 e. The number of hydrogen-bond donors (Lipinski definition) is 2. The number of rotatable bonds is 13. The van der Waals surface area contributed by atoms with Gasteiger partial charge in [-0.15, -0.1) is 0 Å². The van der Waals surface area contributed by atoms with Gasteiger partial charge in [-0.25, -0.2) is 0 Å². The zero-order valence-electron chi connectivity index (χ0n) is 23.1. The first kappa shape index (κ1) is 27.9. The van der Waals surface area contributed by atoms with Crippen LogP contribution in [0, 0.1) is 5.92 Å². The van der Waals surface area contributed by atoms with Crippen molar-refractivity contribution in [2.24, 2.45) is 5.92 Å². The number of benzene rings is 2. The number of ketones is 1. The van der Waals surface area contributed by atoms with E-state index >= 15 is 0 Å². The number of carbonyl (C=O) groups is 3. The standard InChI is InChI=1S/C32H41NO5/c1-5-7-9-11-17-28(34)33-31-25-19-18-22(21(3)4)20-27(25)38-32(31,26(30(36)37)16-10-8-6-2)24-15-13-12-14-23(24)29(31)35/h12-15,18-21,26H,5-11,16-17H2,1-4H3,(H,33,34)(H,36,37). The molecule has 6 nitrogen and oxygen atoms in total. The molecule has 0 fully saturated rings. The first-order valence-corrected chi connectivity index (χ1v) is 14.3. The van der Waals surface area contributed by atoms with Crippen LogP contribution in [0.3, 0.4) is 0 Å².